The lowest BCUT2D eigenvalue weighted by Crippen LogP contribution is -2.30. The number of carbonyl (C=O) groups excluding carboxylic acids is 1. The SMILES string of the molecule is C/C=C\C=C(/C)c1c(C#N)cc(OC)c2c1N=C(NC(=O)c1cnn(C)c1)C2. The molecule has 142 valence electrons. The Morgan fingerprint density at radius 1 is 1.46 bits per heavy atom. The summed E-state index contributed by atoms with van der Waals surface area (Å²) in [5.74, 6) is 0.822. The first-order chi connectivity index (χ1) is 13.5. The fraction of sp³-hybridized carbons (Fsp3) is 0.238. The minimum atomic E-state index is -0.276. The summed E-state index contributed by atoms with van der Waals surface area (Å²) in [6, 6.07) is 3.95. The van der Waals surface area contributed by atoms with Crippen LogP contribution in [0.15, 0.2) is 41.7 Å². The van der Waals surface area contributed by atoms with Crippen LogP contribution in [0.5, 0.6) is 5.75 Å². The molecule has 0 fully saturated rings. The molecule has 7 nitrogen and oxygen atoms in total. The minimum absolute atomic E-state index is 0.276. The van der Waals surface area contributed by atoms with Crippen LogP contribution in [0, 0.1) is 11.3 Å². The van der Waals surface area contributed by atoms with Crippen molar-refractivity contribution in [3.63, 3.8) is 0 Å². The van der Waals surface area contributed by atoms with Gasteiger partial charge < -0.3 is 10.1 Å². The molecule has 3 rings (SSSR count). The Labute approximate surface area is 163 Å². The van der Waals surface area contributed by atoms with Crippen molar-refractivity contribution in [1.29, 1.82) is 5.26 Å². The monoisotopic (exact) mass is 375 g/mol. The summed E-state index contributed by atoms with van der Waals surface area (Å²) in [6.45, 7) is 3.86. The summed E-state index contributed by atoms with van der Waals surface area (Å²) in [4.78, 5) is 17.1. The zero-order valence-corrected chi connectivity index (χ0v) is 16.3. The average Bonchev–Trinajstić information content (AvgIpc) is 3.30. The third-order valence-corrected chi connectivity index (χ3v) is 4.45. The molecule has 0 radical (unpaired) electrons. The summed E-state index contributed by atoms with van der Waals surface area (Å²) >= 11 is 0. The van der Waals surface area contributed by atoms with Crippen LogP contribution in [-0.4, -0.2) is 28.6 Å². The Bertz CT molecular complexity index is 1070. The van der Waals surface area contributed by atoms with E-state index in [0.29, 0.717) is 34.8 Å². The maximum atomic E-state index is 12.5. The van der Waals surface area contributed by atoms with E-state index in [2.05, 4.69) is 21.5 Å². The molecule has 1 aliphatic rings. The van der Waals surface area contributed by atoms with Gasteiger partial charge in [0.25, 0.3) is 5.91 Å². The second kappa shape index (κ2) is 7.92. The molecule has 0 saturated carbocycles. The second-order valence-corrected chi connectivity index (χ2v) is 6.41. The molecule has 2 heterocycles. The van der Waals surface area contributed by atoms with Gasteiger partial charge in [0.1, 0.15) is 11.6 Å². The number of aliphatic imine (C=N–C) groups is 1. The first kappa shape index (κ1) is 19.1. The van der Waals surface area contributed by atoms with Gasteiger partial charge in [0.05, 0.1) is 36.2 Å². The van der Waals surface area contributed by atoms with Crippen LogP contribution < -0.4 is 10.1 Å². The predicted molar refractivity (Wildman–Crippen MR) is 108 cm³/mol. The molecule has 1 amide bonds. The molecule has 1 aromatic carbocycles. The molecule has 1 N–H and O–H groups in total. The van der Waals surface area contributed by atoms with Gasteiger partial charge in [0.15, 0.2) is 0 Å². The van der Waals surface area contributed by atoms with Crippen molar-refractivity contribution in [3.8, 4) is 11.8 Å². The number of nitrogens with one attached hydrogen (secondary N) is 1. The summed E-state index contributed by atoms with van der Waals surface area (Å²) < 4.78 is 7.04. The van der Waals surface area contributed by atoms with Crippen molar-refractivity contribution in [2.75, 3.05) is 7.11 Å². The van der Waals surface area contributed by atoms with Gasteiger partial charge in [-0.25, -0.2) is 4.99 Å². The number of rotatable bonds is 4. The fourth-order valence-electron chi connectivity index (χ4n) is 3.13. The number of hydrogen-bond acceptors (Lipinski definition) is 5. The maximum Gasteiger partial charge on any atom is 0.259 e. The Hall–Kier alpha value is -3.66. The van der Waals surface area contributed by atoms with Crippen molar-refractivity contribution < 1.29 is 9.53 Å². The zero-order valence-electron chi connectivity index (χ0n) is 16.3. The molecule has 28 heavy (non-hydrogen) atoms. The first-order valence-electron chi connectivity index (χ1n) is 8.80. The fourth-order valence-corrected chi connectivity index (χ4v) is 3.13. The molecule has 0 atom stereocenters. The highest BCUT2D eigenvalue weighted by Gasteiger charge is 2.26. The van der Waals surface area contributed by atoms with Crippen molar-refractivity contribution in [3.05, 3.63) is 58.9 Å². The number of fused-ring (bicyclic) bond motifs is 1. The number of ether oxygens (including phenoxy) is 1. The van der Waals surface area contributed by atoms with E-state index >= 15 is 0 Å². The third kappa shape index (κ3) is 3.58. The van der Waals surface area contributed by atoms with Crippen molar-refractivity contribution in [2.45, 2.75) is 20.3 Å². The van der Waals surface area contributed by atoms with Gasteiger partial charge in [-0.15, -0.1) is 0 Å². The molecule has 2 aromatic rings. The summed E-state index contributed by atoms with van der Waals surface area (Å²) in [7, 11) is 3.31. The van der Waals surface area contributed by atoms with Crippen LogP contribution >= 0.6 is 0 Å². The first-order valence-corrected chi connectivity index (χ1v) is 8.80. The van der Waals surface area contributed by atoms with E-state index in [4.69, 9.17) is 4.74 Å². The summed E-state index contributed by atoms with van der Waals surface area (Å²) in [5, 5.41) is 16.5. The van der Waals surface area contributed by atoms with E-state index in [0.717, 1.165) is 16.7 Å². The van der Waals surface area contributed by atoms with E-state index in [1.165, 1.54) is 6.20 Å². The van der Waals surface area contributed by atoms with Gasteiger partial charge >= 0.3 is 0 Å². The maximum absolute atomic E-state index is 12.5. The van der Waals surface area contributed by atoms with E-state index < -0.39 is 0 Å². The molecular formula is C21H21N5O2. The van der Waals surface area contributed by atoms with E-state index in [1.807, 2.05) is 32.1 Å². The topological polar surface area (TPSA) is 92.3 Å². The summed E-state index contributed by atoms with van der Waals surface area (Å²) in [6.07, 6.45) is 9.33. The molecule has 7 heteroatoms. The number of nitriles is 1. The number of allylic oxidation sites excluding steroid dienone is 4. The number of amides is 1. The van der Waals surface area contributed by atoms with Crippen molar-refractivity contribution in [1.82, 2.24) is 15.1 Å². The molecule has 0 aliphatic carbocycles. The lowest BCUT2D eigenvalue weighted by molar-refractivity contribution is 0.0976. The number of nitrogens with zero attached hydrogens (tertiary/aromatic N) is 4. The number of aryl methyl sites for hydroxylation is 1. The van der Waals surface area contributed by atoms with Gasteiger partial charge in [-0.2, -0.15) is 10.4 Å². The Morgan fingerprint density at radius 2 is 2.25 bits per heavy atom. The predicted octanol–water partition coefficient (Wildman–Crippen LogP) is 3.30. The molecule has 0 unspecified atom stereocenters. The van der Waals surface area contributed by atoms with E-state index in [-0.39, 0.29) is 5.91 Å². The number of aromatic nitrogens is 2. The van der Waals surface area contributed by atoms with Gasteiger partial charge in [0, 0.05) is 30.8 Å². The van der Waals surface area contributed by atoms with Gasteiger partial charge in [-0.3, -0.25) is 9.48 Å². The normalized spacial score (nSPS) is 13.2. The van der Waals surface area contributed by atoms with Crippen LogP contribution in [0.4, 0.5) is 5.69 Å². The molecule has 1 aromatic heterocycles. The number of benzene rings is 1. The Balaban J connectivity index is 2.03. The smallest absolute Gasteiger partial charge is 0.259 e. The molecule has 0 bridgehead atoms. The number of amidine groups is 1. The lowest BCUT2D eigenvalue weighted by Gasteiger charge is -2.13. The quantitative estimate of drug-likeness (QED) is 0.830. The molecular weight excluding hydrogens is 354 g/mol. The number of hydrogen-bond donors (Lipinski definition) is 1. The highest BCUT2D eigenvalue weighted by molar-refractivity contribution is 6.10. The van der Waals surface area contributed by atoms with Crippen LogP contribution in [0.2, 0.25) is 0 Å². The zero-order chi connectivity index (χ0) is 20.3. The van der Waals surface area contributed by atoms with Crippen molar-refractivity contribution in [2.24, 2.45) is 12.0 Å². The van der Waals surface area contributed by atoms with Crippen LogP contribution in [-0.2, 0) is 13.5 Å². The van der Waals surface area contributed by atoms with E-state index in [1.54, 1.807) is 31.1 Å². The summed E-state index contributed by atoms with van der Waals surface area (Å²) in [5.41, 5.74) is 4.12. The average molecular weight is 375 g/mol. The molecule has 1 aliphatic heterocycles. The Morgan fingerprint density at radius 3 is 2.86 bits per heavy atom. The van der Waals surface area contributed by atoms with Gasteiger partial charge in [-0.05, 0) is 25.5 Å². The number of carbonyl (C=O) groups is 1. The van der Waals surface area contributed by atoms with Crippen LogP contribution in [0.1, 0.15) is 40.9 Å². The third-order valence-electron chi connectivity index (χ3n) is 4.45. The standard InChI is InChI=1S/C21H21N5O2/c1-5-6-7-13(2)19-14(10-22)8-17(28-4)16-9-18(24-20(16)19)25-21(27)15-11-23-26(3)12-15/h5-8,11-12H,9H2,1-4H3,(H,24,25,27)/b6-5-,13-7+. The highest BCUT2D eigenvalue weighted by Crippen LogP contribution is 2.42. The van der Waals surface area contributed by atoms with Gasteiger partial charge in [-0.1, -0.05) is 18.2 Å². The van der Waals surface area contributed by atoms with E-state index in [9.17, 15) is 10.1 Å². The molecule has 0 saturated heterocycles. The largest absolute Gasteiger partial charge is 0.496 e. The number of methoxy groups -OCH3 is 1. The minimum Gasteiger partial charge on any atom is -0.496 e. The second-order valence-electron chi connectivity index (χ2n) is 6.41. The highest BCUT2D eigenvalue weighted by atomic mass is 16.5. The van der Waals surface area contributed by atoms with Crippen molar-refractivity contribution >= 4 is 23.0 Å². The lowest BCUT2D eigenvalue weighted by atomic mass is 9.94. The molecule has 0 spiro atoms. The van der Waals surface area contributed by atoms with Gasteiger partial charge in [0.2, 0.25) is 0 Å². The van der Waals surface area contributed by atoms with Crippen LogP contribution in [0.3, 0.4) is 0 Å². The Kier molecular flexibility index (Phi) is 5.41. The van der Waals surface area contributed by atoms with Crippen LogP contribution in [0.25, 0.3) is 5.57 Å².